The second-order valence-corrected chi connectivity index (χ2v) is 15.8. The fourth-order valence-corrected chi connectivity index (χ4v) is 4.26. The molecule has 3 nitrogen and oxygen atoms in total. The van der Waals surface area contributed by atoms with Crippen LogP contribution in [0.3, 0.4) is 0 Å². The van der Waals surface area contributed by atoms with Crippen molar-refractivity contribution in [2.45, 2.75) is 77.9 Å². The van der Waals surface area contributed by atoms with E-state index in [-0.39, 0.29) is 16.4 Å². The molecule has 0 radical (unpaired) electrons. The van der Waals surface area contributed by atoms with Crippen LogP contribution in [-0.4, -0.2) is 28.0 Å². The van der Waals surface area contributed by atoms with Gasteiger partial charge in [-0.3, -0.25) is 4.79 Å². The molecule has 0 N–H and O–H groups in total. The first kappa shape index (κ1) is 24.4. The summed E-state index contributed by atoms with van der Waals surface area (Å²) >= 11 is 3.51. The largest absolute Gasteiger partial charge is 0.468 e. The number of carbonyl (C=O) groups excluding carboxylic acids is 1. The van der Waals surface area contributed by atoms with Gasteiger partial charge in [0.2, 0.25) is 0 Å². The topological polar surface area (TPSA) is 35.5 Å². The van der Waals surface area contributed by atoms with E-state index in [1.165, 1.54) is 7.11 Å². The van der Waals surface area contributed by atoms with E-state index in [0.29, 0.717) is 13.0 Å². The van der Waals surface area contributed by atoms with Crippen LogP contribution in [0, 0.1) is 5.41 Å². The van der Waals surface area contributed by atoms with Crippen LogP contribution in [0.15, 0.2) is 28.7 Å². The maximum atomic E-state index is 12.6. The van der Waals surface area contributed by atoms with E-state index in [1.54, 1.807) is 0 Å². The SMILES string of the molecule is COC(=O)C(C)(CCC(C)(C)CO[Si](C)(C)C(C)(C)C)c1cccc(Br)c1. The highest BCUT2D eigenvalue weighted by Gasteiger charge is 2.40. The molecule has 0 heterocycles. The molecule has 0 bridgehead atoms. The quantitative estimate of drug-likeness (QED) is 0.322. The van der Waals surface area contributed by atoms with Gasteiger partial charge in [0.1, 0.15) is 0 Å². The van der Waals surface area contributed by atoms with Crippen LogP contribution in [0.25, 0.3) is 0 Å². The second-order valence-electron chi connectivity index (χ2n) is 10.0. The van der Waals surface area contributed by atoms with Crippen LogP contribution in [0.5, 0.6) is 0 Å². The Morgan fingerprint density at radius 2 is 1.67 bits per heavy atom. The minimum atomic E-state index is -1.79. The predicted molar refractivity (Wildman–Crippen MR) is 120 cm³/mol. The Morgan fingerprint density at radius 1 is 1.07 bits per heavy atom. The van der Waals surface area contributed by atoms with Crippen molar-refractivity contribution in [3.63, 3.8) is 0 Å². The fraction of sp³-hybridized carbons (Fsp3) is 0.682. The Bertz CT molecular complexity index is 649. The molecule has 0 aliphatic heterocycles. The second kappa shape index (κ2) is 8.79. The Labute approximate surface area is 175 Å². The van der Waals surface area contributed by atoms with Gasteiger partial charge < -0.3 is 9.16 Å². The van der Waals surface area contributed by atoms with Gasteiger partial charge in [-0.1, -0.05) is 62.7 Å². The van der Waals surface area contributed by atoms with E-state index in [2.05, 4.69) is 63.6 Å². The van der Waals surface area contributed by atoms with Gasteiger partial charge in [-0.05, 0) is 61.0 Å². The van der Waals surface area contributed by atoms with Gasteiger partial charge in [-0.25, -0.2) is 0 Å². The Kier molecular flexibility index (Phi) is 7.94. The monoisotopic (exact) mass is 456 g/mol. The summed E-state index contributed by atoms with van der Waals surface area (Å²) in [6.45, 7) is 18.5. The van der Waals surface area contributed by atoms with Crippen LogP contribution < -0.4 is 0 Å². The number of hydrogen-bond acceptors (Lipinski definition) is 3. The van der Waals surface area contributed by atoms with Gasteiger partial charge in [-0.2, -0.15) is 0 Å². The number of carbonyl (C=O) groups is 1. The molecule has 0 amide bonds. The molecule has 0 aromatic heterocycles. The van der Waals surface area contributed by atoms with E-state index in [4.69, 9.17) is 9.16 Å². The lowest BCUT2D eigenvalue weighted by atomic mass is 9.74. The summed E-state index contributed by atoms with van der Waals surface area (Å²) in [6.07, 6.45) is 1.59. The third-order valence-electron chi connectivity index (χ3n) is 6.03. The summed E-state index contributed by atoms with van der Waals surface area (Å²) in [4.78, 5) is 12.6. The molecular weight excluding hydrogens is 420 g/mol. The molecular formula is C22H37BrO3Si. The number of benzene rings is 1. The molecule has 27 heavy (non-hydrogen) atoms. The molecule has 1 aromatic carbocycles. The number of ether oxygens (including phenoxy) is 1. The first-order chi connectivity index (χ1) is 12.1. The Balaban J connectivity index is 2.93. The summed E-state index contributed by atoms with van der Waals surface area (Å²) in [6, 6.07) is 7.95. The first-order valence-electron chi connectivity index (χ1n) is 9.63. The number of methoxy groups -OCH3 is 1. The van der Waals surface area contributed by atoms with Crippen molar-refractivity contribution in [2.75, 3.05) is 13.7 Å². The maximum absolute atomic E-state index is 12.6. The minimum Gasteiger partial charge on any atom is -0.468 e. The third-order valence-corrected chi connectivity index (χ3v) is 11.0. The standard InChI is InChI=1S/C22H37BrO3Si/c1-20(2,3)27(8,9)26-16-21(4,5)13-14-22(6,19(24)25-7)17-11-10-12-18(23)15-17/h10-12,15H,13-14,16H2,1-9H3. The van der Waals surface area contributed by atoms with Crippen LogP contribution in [0.2, 0.25) is 18.1 Å². The van der Waals surface area contributed by atoms with Gasteiger partial charge in [-0.15, -0.1) is 0 Å². The first-order valence-corrected chi connectivity index (χ1v) is 13.3. The van der Waals surface area contributed by atoms with E-state index in [1.807, 2.05) is 31.2 Å². The van der Waals surface area contributed by atoms with Gasteiger partial charge in [0, 0.05) is 11.1 Å². The van der Waals surface area contributed by atoms with Crippen LogP contribution in [0.1, 0.15) is 59.9 Å². The molecule has 1 unspecified atom stereocenters. The van der Waals surface area contributed by atoms with Gasteiger partial charge in [0.15, 0.2) is 8.32 Å². The molecule has 0 aliphatic carbocycles. The van der Waals surface area contributed by atoms with E-state index in [0.717, 1.165) is 16.5 Å². The summed E-state index contributed by atoms with van der Waals surface area (Å²) in [5, 5.41) is 0.194. The minimum absolute atomic E-state index is 0.0170. The molecule has 0 saturated carbocycles. The average molecular weight is 458 g/mol. The zero-order valence-corrected chi connectivity index (χ0v) is 21.1. The van der Waals surface area contributed by atoms with Crippen molar-refractivity contribution >= 4 is 30.2 Å². The van der Waals surface area contributed by atoms with Gasteiger partial charge in [0.05, 0.1) is 12.5 Å². The normalized spacial score (nSPS) is 15.3. The summed E-state index contributed by atoms with van der Waals surface area (Å²) in [5.74, 6) is -0.193. The van der Waals surface area contributed by atoms with Crippen LogP contribution in [-0.2, 0) is 19.4 Å². The number of halogens is 1. The lowest BCUT2D eigenvalue weighted by Crippen LogP contribution is -2.43. The molecule has 0 spiro atoms. The highest BCUT2D eigenvalue weighted by molar-refractivity contribution is 9.10. The zero-order valence-electron chi connectivity index (χ0n) is 18.5. The third kappa shape index (κ3) is 6.43. The molecule has 5 heteroatoms. The average Bonchev–Trinajstić information content (AvgIpc) is 2.56. The van der Waals surface area contributed by atoms with Gasteiger partial charge in [0.25, 0.3) is 0 Å². The molecule has 0 fully saturated rings. The fourth-order valence-electron chi connectivity index (χ4n) is 2.67. The van der Waals surface area contributed by atoms with E-state index in [9.17, 15) is 4.79 Å². The highest BCUT2D eigenvalue weighted by atomic mass is 79.9. The maximum Gasteiger partial charge on any atom is 0.315 e. The van der Waals surface area contributed by atoms with Crippen molar-refractivity contribution in [1.29, 1.82) is 0 Å². The summed E-state index contributed by atoms with van der Waals surface area (Å²) < 4.78 is 12.6. The van der Waals surface area contributed by atoms with Crippen LogP contribution in [0.4, 0.5) is 0 Å². The predicted octanol–water partition coefficient (Wildman–Crippen LogP) is 6.71. The van der Waals surface area contributed by atoms with Crippen molar-refractivity contribution in [3.05, 3.63) is 34.3 Å². The van der Waals surface area contributed by atoms with Crippen molar-refractivity contribution in [1.82, 2.24) is 0 Å². The number of esters is 1. The molecule has 154 valence electrons. The highest BCUT2D eigenvalue weighted by Crippen LogP contribution is 2.40. The lowest BCUT2D eigenvalue weighted by Gasteiger charge is -2.39. The van der Waals surface area contributed by atoms with Crippen molar-refractivity contribution < 1.29 is 14.0 Å². The Morgan fingerprint density at radius 3 is 2.15 bits per heavy atom. The molecule has 1 aromatic rings. The van der Waals surface area contributed by atoms with E-state index >= 15 is 0 Å². The summed E-state index contributed by atoms with van der Waals surface area (Å²) in [5.41, 5.74) is 0.286. The lowest BCUT2D eigenvalue weighted by molar-refractivity contribution is -0.147. The molecule has 1 rings (SSSR count). The van der Waals surface area contributed by atoms with E-state index < -0.39 is 13.7 Å². The smallest absolute Gasteiger partial charge is 0.315 e. The molecule has 0 saturated heterocycles. The number of hydrogen-bond donors (Lipinski definition) is 0. The van der Waals surface area contributed by atoms with Crippen molar-refractivity contribution in [2.24, 2.45) is 5.41 Å². The van der Waals surface area contributed by atoms with Crippen molar-refractivity contribution in [3.8, 4) is 0 Å². The Hall–Kier alpha value is -0.653. The summed E-state index contributed by atoms with van der Waals surface area (Å²) in [7, 11) is -0.325. The van der Waals surface area contributed by atoms with Crippen LogP contribution >= 0.6 is 15.9 Å². The zero-order chi connectivity index (χ0) is 21.1. The van der Waals surface area contributed by atoms with Gasteiger partial charge >= 0.3 is 5.97 Å². The molecule has 0 aliphatic rings. The number of rotatable bonds is 8. The molecule has 1 atom stereocenters.